The zero-order valence-electron chi connectivity index (χ0n) is 12.0. The van der Waals surface area contributed by atoms with E-state index in [1.54, 1.807) is 36.4 Å². The Kier molecular flexibility index (Phi) is 4.32. The van der Waals surface area contributed by atoms with E-state index < -0.39 is 0 Å². The second-order valence-electron chi connectivity index (χ2n) is 5.06. The third-order valence-corrected chi connectivity index (χ3v) is 4.14. The molecule has 2 aromatic rings. The number of nitrogens with one attached hydrogen (secondary N) is 1. The lowest BCUT2D eigenvalue weighted by molar-refractivity contribution is -0.122. The predicted molar refractivity (Wildman–Crippen MR) is 93.8 cm³/mol. The molecule has 0 bridgehead atoms. The number of thiocarbonyl (C=S) groups is 1. The number of phenolic OH excluding ortho intramolecular Hbond substituents is 1. The maximum Gasteiger partial charge on any atom is 0.276 e. The Balaban J connectivity index is 1.82. The molecule has 0 aliphatic carbocycles. The molecule has 23 heavy (non-hydrogen) atoms. The summed E-state index contributed by atoms with van der Waals surface area (Å²) in [5.41, 5.74) is 2.02. The van der Waals surface area contributed by atoms with E-state index in [9.17, 15) is 9.90 Å². The molecule has 3 rings (SSSR count). The van der Waals surface area contributed by atoms with Crippen molar-refractivity contribution in [1.82, 2.24) is 10.2 Å². The SMILES string of the molecule is O=C1/C(=C/c2ccc(O)cc2)NC(=S)N1Cc1ccccc1Cl. The molecule has 0 atom stereocenters. The van der Waals surface area contributed by atoms with Gasteiger partial charge in [0, 0.05) is 5.02 Å². The van der Waals surface area contributed by atoms with Gasteiger partial charge in [0.1, 0.15) is 11.4 Å². The summed E-state index contributed by atoms with van der Waals surface area (Å²) in [6.45, 7) is 0.317. The number of phenols is 1. The minimum Gasteiger partial charge on any atom is -0.508 e. The zero-order chi connectivity index (χ0) is 16.4. The maximum atomic E-state index is 12.5. The van der Waals surface area contributed by atoms with E-state index in [2.05, 4.69) is 5.32 Å². The summed E-state index contributed by atoms with van der Waals surface area (Å²) >= 11 is 11.4. The Hall–Kier alpha value is -2.37. The number of halogens is 1. The number of amides is 1. The van der Waals surface area contributed by atoms with E-state index in [0.717, 1.165) is 11.1 Å². The number of aromatic hydroxyl groups is 1. The van der Waals surface area contributed by atoms with Crippen LogP contribution in [0.15, 0.2) is 54.2 Å². The highest BCUT2D eigenvalue weighted by Crippen LogP contribution is 2.22. The monoisotopic (exact) mass is 344 g/mol. The largest absolute Gasteiger partial charge is 0.508 e. The van der Waals surface area contributed by atoms with Crippen LogP contribution in [0.2, 0.25) is 5.02 Å². The van der Waals surface area contributed by atoms with Gasteiger partial charge in [0.05, 0.1) is 6.54 Å². The first-order chi connectivity index (χ1) is 11.0. The van der Waals surface area contributed by atoms with Gasteiger partial charge in [-0.3, -0.25) is 9.69 Å². The van der Waals surface area contributed by atoms with Crippen LogP contribution in [-0.4, -0.2) is 21.0 Å². The first kappa shape index (κ1) is 15.5. The molecule has 2 aromatic carbocycles. The summed E-state index contributed by atoms with van der Waals surface area (Å²) in [6.07, 6.45) is 1.70. The van der Waals surface area contributed by atoms with Gasteiger partial charge in [0.25, 0.3) is 5.91 Å². The van der Waals surface area contributed by atoms with Crippen LogP contribution in [0.3, 0.4) is 0 Å². The number of hydrogen-bond acceptors (Lipinski definition) is 3. The first-order valence-electron chi connectivity index (χ1n) is 6.91. The summed E-state index contributed by atoms with van der Waals surface area (Å²) in [5.74, 6) is -0.0308. The van der Waals surface area contributed by atoms with Crippen molar-refractivity contribution >= 4 is 40.9 Å². The normalized spacial score (nSPS) is 16.0. The maximum absolute atomic E-state index is 12.5. The van der Waals surface area contributed by atoms with Crippen molar-refractivity contribution < 1.29 is 9.90 Å². The first-order valence-corrected chi connectivity index (χ1v) is 7.70. The molecule has 0 aromatic heterocycles. The zero-order valence-corrected chi connectivity index (χ0v) is 13.6. The molecular formula is C17H13ClN2O2S. The number of benzene rings is 2. The van der Waals surface area contributed by atoms with Crippen LogP contribution < -0.4 is 5.32 Å². The van der Waals surface area contributed by atoms with E-state index in [0.29, 0.717) is 22.4 Å². The molecule has 6 heteroatoms. The number of carbonyl (C=O) groups excluding carboxylic acids is 1. The molecule has 1 aliphatic rings. The highest BCUT2D eigenvalue weighted by atomic mass is 35.5. The summed E-state index contributed by atoms with van der Waals surface area (Å²) in [4.78, 5) is 14.0. The molecule has 1 amide bonds. The number of rotatable bonds is 3. The fourth-order valence-electron chi connectivity index (χ4n) is 2.25. The van der Waals surface area contributed by atoms with Gasteiger partial charge in [-0.15, -0.1) is 0 Å². The van der Waals surface area contributed by atoms with Crippen LogP contribution in [0, 0.1) is 0 Å². The topological polar surface area (TPSA) is 52.6 Å². The smallest absolute Gasteiger partial charge is 0.276 e. The minimum absolute atomic E-state index is 0.175. The van der Waals surface area contributed by atoms with Crippen LogP contribution in [0.4, 0.5) is 0 Å². The summed E-state index contributed by atoms with van der Waals surface area (Å²) in [5, 5.41) is 13.2. The van der Waals surface area contributed by atoms with E-state index in [4.69, 9.17) is 23.8 Å². The van der Waals surface area contributed by atoms with Crippen LogP contribution in [-0.2, 0) is 11.3 Å². The van der Waals surface area contributed by atoms with Gasteiger partial charge in [-0.25, -0.2) is 0 Å². The molecule has 1 fully saturated rings. The Morgan fingerprint density at radius 2 is 1.87 bits per heavy atom. The standard InChI is InChI=1S/C17H13ClN2O2S/c18-14-4-2-1-3-12(14)10-20-16(22)15(19-17(20)23)9-11-5-7-13(21)8-6-11/h1-9,21H,10H2,(H,19,23)/b15-9-. The lowest BCUT2D eigenvalue weighted by Crippen LogP contribution is -2.30. The summed E-state index contributed by atoms with van der Waals surface area (Å²) < 4.78 is 0. The van der Waals surface area contributed by atoms with Gasteiger partial charge < -0.3 is 10.4 Å². The Morgan fingerprint density at radius 1 is 1.17 bits per heavy atom. The van der Waals surface area contributed by atoms with E-state index in [1.807, 2.05) is 18.2 Å². The number of hydrogen-bond donors (Lipinski definition) is 2. The molecule has 1 aliphatic heterocycles. The number of nitrogens with zero attached hydrogens (tertiary/aromatic N) is 1. The second-order valence-corrected chi connectivity index (χ2v) is 5.86. The van der Waals surface area contributed by atoms with Crippen LogP contribution in [0.25, 0.3) is 6.08 Å². The van der Waals surface area contributed by atoms with Gasteiger partial charge in [-0.2, -0.15) is 0 Å². The van der Waals surface area contributed by atoms with Gasteiger partial charge in [0.2, 0.25) is 0 Å². The average Bonchev–Trinajstić information content (AvgIpc) is 2.79. The van der Waals surface area contributed by atoms with Crippen LogP contribution in [0.5, 0.6) is 5.75 Å². The van der Waals surface area contributed by atoms with Crippen molar-refractivity contribution in [3.8, 4) is 5.75 Å². The molecular weight excluding hydrogens is 332 g/mol. The third-order valence-electron chi connectivity index (χ3n) is 3.45. The van der Waals surface area contributed by atoms with Gasteiger partial charge in [-0.1, -0.05) is 41.9 Å². The average molecular weight is 345 g/mol. The van der Waals surface area contributed by atoms with Crippen molar-refractivity contribution in [1.29, 1.82) is 0 Å². The Labute approximate surface area is 144 Å². The second kappa shape index (κ2) is 6.40. The lowest BCUT2D eigenvalue weighted by atomic mass is 10.2. The molecule has 1 saturated heterocycles. The lowest BCUT2D eigenvalue weighted by Gasteiger charge is -2.14. The van der Waals surface area contributed by atoms with E-state index >= 15 is 0 Å². The van der Waals surface area contributed by atoms with Gasteiger partial charge in [-0.05, 0) is 47.6 Å². The van der Waals surface area contributed by atoms with E-state index in [1.165, 1.54) is 4.90 Å². The minimum atomic E-state index is -0.206. The molecule has 0 unspecified atom stereocenters. The van der Waals surface area contributed by atoms with Gasteiger partial charge >= 0.3 is 0 Å². The molecule has 0 saturated carbocycles. The van der Waals surface area contributed by atoms with Crippen molar-refractivity contribution in [2.24, 2.45) is 0 Å². The molecule has 0 spiro atoms. The molecule has 116 valence electrons. The highest BCUT2D eigenvalue weighted by Gasteiger charge is 2.30. The summed E-state index contributed by atoms with van der Waals surface area (Å²) in [7, 11) is 0. The quantitative estimate of drug-likeness (QED) is 0.662. The van der Waals surface area contributed by atoms with Crippen molar-refractivity contribution in [2.45, 2.75) is 6.54 Å². The molecule has 2 N–H and O–H groups in total. The van der Waals surface area contributed by atoms with Gasteiger partial charge in [0.15, 0.2) is 5.11 Å². The molecule has 0 radical (unpaired) electrons. The predicted octanol–water partition coefficient (Wildman–Crippen LogP) is 3.30. The highest BCUT2D eigenvalue weighted by molar-refractivity contribution is 7.80. The van der Waals surface area contributed by atoms with Crippen LogP contribution >= 0.6 is 23.8 Å². The summed E-state index contributed by atoms with van der Waals surface area (Å²) in [6, 6.07) is 13.9. The molecule has 1 heterocycles. The fourth-order valence-corrected chi connectivity index (χ4v) is 2.70. The Bertz CT molecular complexity index is 802. The third kappa shape index (κ3) is 3.36. The Morgan fingerprint density at radius 3 is 2.57 bits per heavy atom. The number of carbonyl (C=O) groups is 1. The fraction of sp³-hybridized carbons (Fsp3) is 0.0588. The van der Waals surface area contributed by atoms with Crippen LogP contribution in [0.1, 0.15) is 11.1 Å². The van der Waals surface area contributed by atoms with Crippen molar-refractivity contribution in [3.05, 3.63) is 70.4 Å². The van der Waals surface area contributed by atoms with Crippen molar-refractivity contribution in [3.63, 3.8) is 0 Å². The van der Waals surface area contributed by atoms with E-state index in [-0.39, 0.29) is 11.7 Å². The molecule has 4 nitrogen and oxygen atoms in total. The van der Waals surface area contributed by atoms with Crippen molar-refractivity contribution in [2.75, 3.05) is 0 Å².